The molecule has 64 valence electrons. The van der Waals surface area contributed by atoms with Gasteiger partial charge in [-0.1, -0.05) is 0 Å². The summed E-state index contributed by atoms with van der Waals surface area (Å²) in [6, 6.07) is 0. The van der Waals surface area contributed by atoms with E-state index in [-0.39, 0.29) is 34.4 Å². The summed E-state index contributed by atoms with van der Waals surface area (Å²) in [5.74, 6) is -0.425. The summed E-state index contributed by atoms with van der Waals surface area (Å²) >= 11 is 0. The molecule has 0 fully saturated rings. The first-order valence-corrected chi connectivity index (χ1v) is 2.93. The zero-order chi connectivity index (χ0) is 8.31. The van der Waals surface area contributed by atoms with Gasteiger partial charge in [-0.15, -0.1) is 0 Å². The minimum atomic E-state index is -0.328. The molecule has 0 bridgehead atoms. The fourth-order valence-corrected chi connectivity index (χ4v) is 0.445. The molecule has 0 aromatic carbocycles. The third kappa shape index (κ3) is 3.96. The van der Waals surface area contributed by atoms with Gasteiger partial charge in [0.1, 0.15) is 5.57 Å². The van der Waals surface area contributed by atoms with Crippen molar-refractivity contribution < 1.29 is 31.8 Å². The molecule has 0 unspecified atom stereocenters. The van der Waals surface area contributed by atoms with Crippen LogP contribution in [-0.4, -0.2) is 21.5 Å². The van der Waals surface area contributed by atoms with Crippen LogP contribution in [0.15, 0.2) is 11.3 Å². The average molecular weight is 200 g/mol. The van der Waals surface area contributed by atoms with Crippen LogP contribution in [0.5, 0.6) is 0 Å². The Hall–Kier alpha value is -0.601. The van der Waals surface area contributed by atoms with Gasteiger partial charge in [0.15, 0.2) is 0 Å². The van der Waals surface area contributed by atoms with Gasteiger partial charge < -0.3 is 5.11 Å². The van der Waals surface area contributed by atoms with Gasteiger partial charge in [0.2, 0.25) is 5.78 Å². The van der Waals surface area contributed by atoms with Gasteiger partial charge in [-0.25, -0.2) is 0 Å². The maximum atomic E-state index is 10.5. The smallest absolute Gasteiger partial charge is 0.325 e. The molecule has 0 saturated heterocycles. The Balaban J connectivity index is 0. The van der Waals surface area contributed by atoms with Crippen molar-refractivity contribution >= 4 is 11.6 Å². The Labute approximate surface area is 76.0 Å². The van der Waals surface area contributed by atoms with E-state index in [2.05, 4.69) is 0 Å². The molecular formula is C7H12FeO3+2. The van der Waals surface area contributed by atoms with Crippen LogP contribution in [0.2, 0.25) is 0 Å². The molecule has 0 rings (SSSR count). The van der Waals surface area contributed by atoms with E-state index in [9.17, 15) is 4.79 Å². The number of rotatable bonds is 2. The Morgan fingerprint density at radius 1 is 1.27 bits per heavy atom. The number of hydrogen-bond acceptors (Lipinski definition) is 1. The number of Topliss-reactive ketones (excluding diaryl/α,β-unsaturated/α-hetero) is 1. The summed E-state index contributed by atoms with van der Waals surface area (Å²) in [4.78, 5) is 19.3. The first-order valence-electron chi connectivity index (χ1n) is 2.93. The topological polar surface area (TPSA) is 61.4 Å². The molecule has 0 aromatic heterocycles. The van der Waals surface area contributed by atoms with Crippen molar-refractivity contribution in [2.24, 2.45) is 0 Å². The molecule has 0 aliphatic rings. The van der Waals surface area contributed by atoms with Crippen molar-refractivity contribution in [2.75, 3.05) is 0 Å². The molecule has 0 heterocycles. The zero-order valence-corrected chi connectivity index (χ0v) is 7.81. The quantitative estimate of drug-likeness (QED) is 0.270. The SMILES string of the molecule is CC(=O)/C([OH2+])=C(\C)C(C)=[OH+].[Fe]. The van der Waals surface area contributed by atoms with E-state index in [1.54, 1.807) is 6.92 Å². The summed E-state index contributed by atoms with van der Waals surface area (Å²) in [6.45, 7) is 4.29. The van der Waals surface area contributed by atoms with Crippen molar-refractivity contribution in [2.45, 2.75) is 20.8 Å². The van der Waals surface area contributed by atoms with Crippen molar-refractivity contribution in [3.05, 3.63) is 11.3 Å². The standard InChI is InChI=1S/C7H10O3.Fe/c1-4(5(2)8)7(10)6(3)9;/h10H,1-3H3;/p+2/b7-4-;. The Bertz CT molecular complexity index is 184. The number of ketones is 2. The Morgan fingerprint density at radius 3 is 1.73 bits per heavy atom. The molecule has 0 aromatic rings. The molecule has 3 N–H and O–H groups in total. The van der Waals surface area contributed by atoms with Gasteiger partial charge in [0.05, 0.1) is 6.92 Å². The van der Waals surface area contributed by atoms with E-state index < -0.39 is 0 Å². The summed E-state index contributed by atoms with van der Waals surface area (Å²) in [5, 5.41) is 7.11. The van der Waals surface area contributed by atoms with Gasteiger partial charge in [0, 0.05) is 24.0 Å². The number of carbonyl (C=O) groups excluding carboxylic acids is 2. The average Bonchev–Trinajstić information content (AvgIpc) is 1.84. The van der Waals surface area contributed by atoms with Crippen molar-refractivity contribution in [1.82, 2.24) is 0 Å². The van der Waals surface area contributed by atoms with Crippen molar-refractivity contribution in [3.63, 3.8) is 0 Å². The second kappa shape index (κ2) is 5.10. The number of allylic oxidation sites excluding steroid dienone is 2. The molecule has 0 spiro atoms. The van der Waals surface area contributed by atoms with Crippen LogP contribution in [0.3, 0.4) is 0 Å². The van der Waals surface area contributed by atoms with E-state index in [1.165, 1.54) is 13.8 Å². The summed E-state index contributed by atoms with van der Waals surface area (Å²) in [6.07, 6.45) is 0. The largest absolute Gasteiger partial charge is 0.590 e. The van der Waals surface area contributed by atoms with E-state index in [1.807, 2.05) is 0 Å². The second-order valence-electron chi connectivity index (χ2n) is 2.14. The molecule has 0 aliphatic carbocycles. The normalized spacial score (nSPS) is 11.2. The van der Waals surface area contributed by atoms with Gasteiger partial charge in [-0.2, -0.15) is 0 Å². The Kier molecular flexibility index (Phi) is 6.04. The molecule has 0 saturated carbocycles. The fourth-order valence-electron chi connectivity index (χ4n) is 0.445. The predicted molar refractivity (Wildman–Crippen MR) is 39.6 cm³/mol. The van der Waals surface area contributed by atoms with Crippen LogP contribution in [0.1, 0.15) is 20.8 Å². The van der Waals surface area contributed by atoms with Gasteiger partial charge >= 0.3 is 11.5 Å². The van der Waals surface area contributed by atoms with Crippen LogP contribution in [0, 0.1) is 0 Å². The first-order chi connectivity index (χ1) is 4.46. The summed E-state index contributed by atoms with van der Waals surface area (Å²) in [7, 11) is 0. The molecule has 0 amide bonds. The number of carbonyl (C=O) groups is 1. The molecule has 11 heavy (non-hydrogen) atoms. The maximum Gasteiger partial charge on any atom is 0.325 e. The fraction of sp³-hybridized carbons (Fsp3) is 0.429. The molecule has 0 atom stereocenters. The van der Waals surface area contributed by atoms with Crippen LogP contribution < -0.4 is 0 Å². The van der Waals surface area contributed by atoms with E-state index >= 15 is 0 Å². The van der Waals surface area contributed by atoms with Crippen molar-refractivity contribution in [3.8, 4) is 0 Å². The van der Waals surface area contributed by atoms with Crippen LogP contribution in [0.25, 0.3) is 0 Å². The molecular weight excluding hydrogens is 188 g/mol. The summed E-state index contributed by atoms with van der Waals surface area (Å²) < 4.78 is 0. The molecule has 3 nitrogen and oxygen atoms in total. The second-order valence-corrected chi connectivity index (χ2v) is 2.14. The van der Waals surface area contributed by atoms with E-state index in [0.717, 1.165) is 0 Å². The van der Waals surface area contributed by atoms with Gasteiger partial charge in [0.25, 0.3) is 0 Å². The third-order valence-corrected chi connectivity index (χ3v) is 1.27. The minimum absolute atomic E-state index is 0. The molecule has 4 heteroatoms. The monoisotopic (exact) mass is 200 g/mol. The number of hydrogen-bond donors (Lipinski definition) is 0. The first kappa shape index (κ1) is 13.0. The van der Waals surface area contributed by atoms with Crippen molar-refractivity contribution in [1.29, 1.82) is 0 Å². The van der Waals surface area contributed by atoms with Gasteiger partial charge in [-0.05, 0) is 6.92 Å². The van der Waals surface area contributed by atoms with Crippen LogP contribution >= 0.6 is 0 Å². The van der Waals surface area contributed by atoms with Crippen LogP contribution in [-0.2, 0) is 21.9 Å². The van der Waals surface area contributed by atoms with Crippen LogP contribution in [0.4, 0.5) is 0 Å². The molecule has 0 radical (unpaired) electrons. The van der Waals surface area contributed by atoms with Gasteiger partial charge in [-0.3, -0.25) is 9.59 Å². The predicted octanol–water partition coefficient (Wildman–Crippen LogP) is 0.136. The minimum Gasteiger partial charge on any atom is -0.590 e. The Morgan fingerprint density at radius 2 is 1.64 bits per heavy atom. The zero-order valence-electron chi connectivity index (χ0n) is 6.71. The van der Waals surface area contributed by atoms with E-state index in [0.29, 0.717) is 5.57 Å². The third-order valence-electron chi connectivity index (χ3n) is 1.27. The molecule has 0 aliphatic heterocycles. The maximum absolute atomic E-state index is 10.5. The van der Waals surface area contributed by atoms with E-state index in [4.69, 9.17) is 9.90 Å². The summed E-state index contributed by atoms with van der Waals surface area (Å²) in [5.41, 5.74) is 0.340.